The van der Waals surface area contributed by atoms with Crippen LogP contribution in [0.2, 0.25) is 0 Å². The summed E-state index contributed by atoms with van der Waals surface area (Å²) < 4.78 is 26.5. The molecule has 0 bridgehead atoms. The van der Waals surface area contributed by atoms with Crippen LogP contribution in [0.3, 0.4) is 0 Å². The minimum atomic E-state index is -3.42. The third-order valence-corrected chi connectivity index (χ3v) is 5.73. The van der Waals surface area contributed by atoms with Crippen LogP contribution >= 0.6 is 0 Å². The molecular weight excluding hydrogens is 286 g/mol. The van der Waals surface area contributed by atoms with Crippen LogP contribution in [0.5, 0.6) is 0 Å². The Balaban J connectivity index is 1.68. The highest BCUT2D eigenvalue weighted by molar-refractivity contribution is 7.90. The lowest BCUT2D eigenvalue weighted by Crippen LogP contribution is -2.32. The van der Waals surface area contributed by atoms with Crippen LogP contribution < -0.4 is 4.72 Å². The van der Waals surface area contributed by atoms with Gasteiger partial charge >= 0.3 is 0 Å². The maximum atomic E-state index is 12.0. The number of benzene rings is 1. The third-order valence-electron chi connectivity index (χ3n) is 4.33. The smallest absolute Gasteiger partial charge is 0.263 e. The Hall–Kier alpha value is -1.40. The maximum Gasteiger partial charge on any atom is 0.263 e. The van der Waals surface area contributed by atoms with Gasteiger partial charge in [-0.05, 0) is 32.0 Å². The van der Waals surface area contributed by atoms with Gasteiger partial charge in [-0.15, -0.1) is 0 Å². The zero-order chi connectivity index (χ0) is 14.9. The molecule has 6 heteroatoms. The van der Waals surface area contributed by atoms with Crippen LogP contribution in [0.1, 0.15) is 31.2 Å². The van der Waals surface area contributed by atoms with Gasteiger partial charge in [-0.1, -0.05) is 25.0 Å². The fourth-order valence-electron chi connectivity index (χ4n) is 3.10. The first-order valence-electron chi connectivity index (χ1n) is 7.45. The van der Waals surface area contributed by atoms with Crippen LogP contribution in [0.25, 0.3) is 0 Å². The number of hydrogen-bond acceptors (Lipinski definition) is 4. The molecule has 0 radical (unpaired) electrons. The molecule has 1 saturated carbocycles. The van der Waals surface area contributed by atoms with Gasteiger partial charge in [0.1, 0.15) is 5.84 Å². The molecule has 0 spiro atoms. The van der Waals surface area contributed by atoms with E-state index < -0.39 is 10.0 Å². The van der Waals surface area contributed by atoms with Gasteiger partial charge in [-0.2, -0.15) is 0 Å². The van der Waals surface area contributed by atoms with Crippen molar-refractivity contribution in [1.82, 2.24) is 9.62 Å². The molecule has 1 aromatic rings. The highest BCUT2D eigenvalue weighted by Gasteiger charge is 2.30. The van der Waals surface area contributed by atoms with Crippen molar-refractivity contribution in [2.75, 3.05) is 20.1 Å². The Morgan fingerprint density at radius 1 is 1.29 bits per heavy atom. The van der Waals surface area contributed by atoms with Gasteiger partial charge in [-0.3, -0.25) is 9.71 Å². The van der Waals surface area contributed by atoms with Crippen molar-refractivity contribution in [2.24, 2.45) is 4.99 Å². The second-order valence-corrected chi connectivity index (χ2v) is 7.40. The molecule has 2 aliphatic rings. The topological polar surface area (TPSA) is 61.8 Å². The van der Waals surface area contributed by atoms with E-state index in [1.54, 1.807) is 18.2 Å². The average Bonchev–Trinajstić information content (AvgIpc) is 3.07. The first kappa shape index (κ1) is 14.5. The summed E-state index contributed by atoms with van der Waals surface area (Å²) in [5.41, 5.74) is 0.681. The van der Waals surface area contributed by atoms with Crippen molar-refractivity contribution < 1.29 is 8.42 Å². The fraction of sp³-hybridized carbons (Fsp3) is 0.533. The molecule has 1 aliphatic heterocycles. The van der Waals surface area contributed by atoms with Gasteiger partial charge < -0.3 is 4.90 Å². The van der Waals surface area contributed by atoms with Gasteiger partial charge in [0.05, 0.1) is 11.4 Å². The number of nitrogens with zero attached hydrogens (tertiary/aromatic N) is 2. The van der Waals surface area contributed by atoms with Crippen LogP contribution in [0, 0.1) is 0 Å². The summed E-state index contributed by atoms with van der Waals surface area (Å²) in [5.74, 6) is 0.477. The number of amidine groups is 1. The predicted octanol–water partition coefficient (Wildman–Crippen LogP) is 1.60. The summed E-state index contributed by atoms with van der Waals surface area (Å²) in [6.45, 7) is 1.47. The lowest BCUT2D eigenvalue weighted by atomic mass is 10.2. The van der Waals surface area contributed by atoms with E-state index in [1.165, 1.54) is 25.7 Å². The van der Waals surface area contributed by atoms with E-state index in [0.29, 0.717) is 28.9 Å². The van der Waals surface area contributed by atoms with Gasteiger partial charge in [-0.25, -0.2) is 8.42 Å². The largest absolute Gasteiger partial charge is 0.302 e. The number of rotatable bonds is 4. The molecule has 5 nitrogen and oxygen atoms in total. The van der Waals surface area contributed by atoms with Crippen molar-refractivity contribution in [2.45, 2.75) is 36.6 Å². The summed E-state index contributed by atoms with van der Waals surface area (Å²) in [5, 5.41) is 0. The van der Waals surface area contributed by atoms with Crippen molar-refractivity contribution >= 4 is 15.9 Å². The maximum absolute atomic E-state index is 12.0. The Labute approximate surface area is 126 Å². The highest BCUT2D eigenvalue weighted by atomic mass is 32.2. The van der Waals surface area contributed by atoms with Gasteiger partial charge in [0.25, 0.3) is 10.0 Å². The summed E-state index contributed by atoms with van der Waals surface area (Å²) in [4.78, 5) is 7.12. The second kappa shape index (κ2) is 5.77. The average molecular weight is 307 g/mol. The van der Waals surface area contributed by atoms with Crippen molar-refractivity contribution in [3.05, 3.63) is 29.8 Å². The molecule has 0 aromatic heterocycles. The predicted molar refractivity (Wildman–Crippen MR) is 83.1 cm³/mol. The summed E-state index contributed by atoms with van der Waals surface area (Å²) in [7, 11) is -1.29. The normalized spacial score (nSPS) is 22.7. The number of fused-ring (bicyclic) bond motifs is 1. The third kappa shape index (κ3) is 2.96. The highest BCUT2D eigenvalue weighted by Crippen LogP contribution is 2.23. The molecule has 1 N–H and O–H groups in total. The fourth-order valence-corrected chi connectivity index (χ4v) is 4.35. The molecule has 0 amide bonds. The molecule has 0 saturated heterocycles. The van der Waals surface area contributed by atoms with Crippen LogP contribution in [0.4, 0.5) is 0 Å². The molecular formula is C15H21N3O2S. The minimum absolute atomic E-state index is 0.327. The lowest BCUT2D eigenvalue weighted by molar-refractivity contribution is 0.252. The first-order chi connectivity index (χ1) is 10.1. The first-order valence-corrected chi connectivity index (χ1v) is 8.93. The number of hydrogen-bond donors (Lipinski definition) is 1. The Morgan fingerprint density at radius 3 is 2.76 bits per heavy atom. The zero-order valence-electron chi connectivity index (χ0n) is 12.2. The van der Waals surface area contributed by atoms with Crippen molar-refractivity contribution in [1.29, 1.82) is 0 Å². The number of nitrogens with one attached hydrogen (secondary N) is 1. The Morgan fingerprint density at radius 2 is 2.00 bits per heavy atom. The van der Waals surface area contributed by atoms with E-state index in [0.717, 1.165) is 6.54 Å². The summed E-state index contributed by atoms with van der Waals surface area (Å²) in [6.07, 6.45) is 5.17. The number of sulfonamides is 1. The molecule has 21 heavy (non-hydrogen) atoms. The summed E-state index contributed by atoms with van der Waals surface area (Å²) >= 11 is 0. The van der Waals surface area contributed by atoms with E-state index >= 15 is 0 Å². The van der Waals surface area contributed by atoms with E-state index in [4.69, 9.17) is 0 Å². The van der Waals surface area contributed by atoms with Crippen LogP contribution in [-0.2, 0) is 10.0 Å². The van der Waals surface area contributed by atoms with Crippen LogP contribution in [-0.4, -0.2) is 45.3 Å². The van der Waals surface area contributed by atoms with E-state index in [-0.39, 0.29) is 0 Å². The molecule has 1 heterocycles. The minimum Gasteiger partial charge on any atom is -0.302 e. The van der Waals surface area contributed by atoms with Crippen LogP contribution in [0.15, 0.2) is 34.2 Å². The lowest BCUT2D eigenvalue weighted by Gasteiger charge is -2.22. The Bertz CT molecular complexity index is 649. The van der Waals surface area contributed by atoms with Gasteiger partial charge in [0.15, 0.2) is 0 Å². The monoisotopic (exact) mass is 307 g/mol. The van der Waals surface area contributed by atoms with Gasteiger partial charge in [0.2, 0.25) is 0 Å². The van der Waals surface area contributed by atoms with Crippen molar-refractivity contribution in [3.8, 4) is 0 Å². The summed E-state index contributed by atoms with van der Waals surface area (Å²) in [6, 6.07) is 7.64. The van der Waals surface area contributed by atoms with E-state index in [2.05, 4.69) is 21.7 Å². The molecule has 1 fully saturated rings. The van der Waals surface area contributed by atoms with E-state index in [1.807, 2.05) is 6.07 Å². The molecule has 3 rings (SSSR count). The van der Waals surface area contributed by atoms with E-state index in [9.17, 15) is 8.42 Å². The zero-order valence-corrected chi connectivity index (χ0v) is 13.1. The molecule has 114 valence electrons. The molecule has 1 aromatic carbocycles. The second-order valence-electron chi connectivity index (χ2n) is 5.75. The van der Waals surface area contributed by atoms with Crippen molar-refractivity contribution in [3.63, 3.8) is 0 Å². The molecule has 0 atom stereocenters. The molecule has 1 aliphatic carbocycles. The standard InChI is InChI=1S/C15H21N3O2S/c1-18(12-6-2-3-7-12)11-10-16-15-13-8-4-5-9-14(13)21(19,20)17-15/h4-5,8-9,12H,2-3,6-7,10-11H2,1H3,(H,16,17). The Kier molecular flexibility index (Phi) is 3.99. The SMILES string of the molecule is CN(CCN=C1NS(=O)(=O)c2ccccc21)C1CCCC1. The number of aliphatic imine (C=N–C) groups is 1. The number of likely N-dealkylation sites (N-methyl/N-ethyl adjacent to an activating group) is 1. The molecule has 0 unspecified atom stereocenters. The van der Waals surface area contributed by atoms with Gasteiger partial charge in [0, 0.05) is 18.2 Å². The quantitative estimate of drug-likeness (QED) is 0.919.